The number of nitrogens with two attached hydrogens (primary N) is 1. The molecule has 1 aliphatic heterocycles. The highest BCUT2D eigenvalue weighted by Gasteiger charge is 2.33. The van der Waals surface area contributed by atoms with Crippen LogP contribution in [0, 0.1) is 0 Å². The second kappa shape index (κ2) is 7.10. The number of hydrogen-bond acceptors (Lipinski definition) is 3. The second-order valence-electron chi connectivity index (χ2n) is 8.68. The molecule has 2 aromatic carbocycles. The number of anilines is 1. The van der Waals surface area contributed by atoms with Crippen LogP contribution in [0.25, 0.3) is 11.3 Å². The number of aromatic nitrogens is 2. The molecule has 0 bridgehead atoms. The lowest BCUT2D eigenvalue weighted by Crippen LogP contribution is -2.37. The minimum absolute atomic E-state index is 0.0428. The van der Waals surface area contributed by atoms with Gasteiger partial charge in [-0.3, -0.25) is 0 Å². The van der Waals surface area contributed by atoms with Gasteiger partial charge in [0.15, 0.2) is 0 Å². The number of rotatable bonds is 4. The zero-order valence-electron chi connectivity index (χ0n) is 17.3. The first-order valence-electron chi connectivity index (χ1n) is 10.1. The minimum Gasteiger partial charge on any atom is -0.367 e. The lowest BCUT2D eigenvalue weighted by atomic mass is 9.75. The third-order valence-corrected chi connectivity index (χ3v) is 6.04. The molecule has 0 radical (unpaired) electrons. The molecule has 0 aliphatic carbocycles. The van der Waals surface area contributed by atoms with E-state index in [0.29, 0.717) is 0 Å². The fourth-order valence-electron chi connectivity index (χ4n) is 4.26. The summed E-state index contributed by atoms with van der Waals surface area (Å²) < 4.78 is 2.07. The second-order valence-corrected chi connectivity index (χ2v) is 8.68. The van der Waals surface area contributed by atoms with E-state index < -0.39 is 0 Å². The third-order valence-electron chi connectivity index (χ3n) is 6.04. The molecule has 146 valence electrons. The normalized spacial score (nSPS) is 16.7. The van der Waals surface area contributed by atoms with Crippen molar-refractivity contribution in [2.45, 2.75) is 45.2 Å². The molecule has 2 heterocycles. The van der Waals surface area contributed by atoms with Crippen LogP contribution in [0.1, 0.15) is 49.9 Å². The minimum atomic E-state index is -0.0428. The first kappa shape index (κ1) is 18.8. The van der Waals surface area contributed by atoms with Crippen LogP contribution in [0.15, 0.2) is 55.0 Å². The van der Waals surface area contributed by atoms with E-state index in [9.17, 15) is 0 Å². The molecule has 0 spiro atoms. The van der Waals surface area contributed by atoms with Gasteiger partial charge in [-0.05, 0) is 47.6 Å². The van der Waals surface area contributed by atoms with Crippen molar-refractivity contribution in [2.24, 2.45) is 12.8 Å². The standard InChI is InChI=1S/C24H30N4/c1-17(25)19-13-22-21(12-20(19)23-14-26-16-27(23)4)24(2,3)10-11-28(22)15-18-8-6-5-7-9-18/h5-9,12-14,16-17H,10-11,15,25H2,1-4H3. The van der Waals surface area contributed by atoms with Gasteiger partial charge in [0.05, 0.1) is 18.2 Å². The van der Waals surface area contributed by atoms with Crippen LogP contribution < -0.4 is 10.6 Å². The molecule has 2 N–H and O–H groups in total. The van der Waals surface area contributed by atoms with Crippen molar-refractivity contribution in [3.8, 4) is 11.3 Å². The van der Waals surface area contributed by atoms with Crippen LogP contribution in [-0.4, -0.2) is 16.1 Å². The molecule has 28 heavy (non-hydrogen) atoms. The Kier molecular flexibility index (Phi) is 4.76. The van der Waals surface area contributed by atoms with Crippen LogP contribution in [0.4, 0.5) is 5.69 Å². The number of nitrogens with zero attached hydrogens (tertiary/aromatic N) is 3. The van der Waals surface area contributed by atoms with Gasteiger partial charge in [-0.1, -0.05) is 44.2 Å². The van der Waals surface area contributed by atoms with Crippen LogP contribution >= 0.6 is 0 Å². The van der Waals surface area contributed by atoms with Crippen molar-refractivity contribution < 1.29 is 0 Å². The Labute approximate surface area is 168 Å². The zero-order chi connectivity index (χ0) is 19.9. The summed E-state index contributed by atoms with van der Waals surface area (Å²) in [6, 6.07) is 15.4. The zero-order valence-corrected chi connectivity index (χ0v) is 17.3. The summed E-state index contributed by atoms with van der Waals surface area (Å²) in [6.45, 7) is 8.75. The monoisotopic (exact) mass is 374 g/mol. The number of imidazole rings is 1. The molecule has 4 heteroatoms. The molecule has 4 nitrogen and oxygen atoms in total. The van der Waals surface area contributed by atoms with E-state index in [1.165, 1.54) is 27.9 Å². The van der Waals surface area contributed by atoms with E-state index in [-0.39, 0.29) is 11.5 Å². The van der Waals surface area contributed by atoms with Crippen molar-refractivity contribution in [1.82, 2.24) is 9.55 Å². The molecule has 3 aromatic rings. The number of fused-ring (bicyclic) bond motifs is 1. The Morgan fingerprint density at radius 1 is 1.18 bits per heavy atom. The number of benzene rings is 2. The Morgan fingerprint density at radius 2 is 1.93 bits per heavy atom. The summed E-state index contributed by atoms with van der Waals surface area (Å²) in [4.78, 5) is 6.84. The van der Waals surface area contributed by atoms with Gasteiger partial charge in [0, 0.05) is 37.4 Å². The van der Waals surface area contributed by atoms with E-state index >= 15 is 0 Å². The maximum Gasteiger partial charge on any atom is 0.0948 e. The highest BCUT2D eigenvalue weighted by molar-refractivity contribution is 5.73. The average molecular weight is 375 g/mol. The molecule has 1 atom stereocenters. The first-order valence-corrected chi connectivity index (χ1v) is 10.1. The predicted molar refractivity (Wildman–Crippen MR) is 116 cm³/mol. The SMILES string of the molecule is CC(N)c1cc2c(cc1-c1cncn1C)C(C)(C)CCN2Cc1ccccc1. The van der Waals surface area contributed by atoms with Gasteiger partial charge >= 0.3 is 0 Å². The summed E-state index contributed by atoms with van der Waals surface area (Å²) in [6.07, 6.45) is 4.92. The van der Waals surface area contributed by atoms with Gasteiger partial charge in [0.2, 0.25) is 0 Å². The Morgan fingerprint density at radius 3 is 2.57 bits per heavy atom. The van der Waals surface area contributed by atoms with E-state index in [2.05, 4.69) is 77.7 Å². The third kappa shape index (κ3) is 3.33. The quantitative estimate of drug-likeness (QED) is 0.714. The van der Waals surface area contributed by atoms with Gasteiger partial charge in [0.1, 0.15) is 0 Å². The highest BCUT2D eigenvalue weighted by Crippen LogP contribution is 2.44. The summed E-state index contributed by atoms with van der Waals surface area (Å²) in [7, 11) is 2.04. The molecule has 0 fully saturated rings. The average Bonchev–Trinajstić information content (AvgIpc) is 3.10. The largest absolute Gasteiger partial charge is 0.367 e. The molecule has 1 aromatic heterocycles. The molecular weight excluding hydrogens is 344 g/mol. The lowest BCUT2D eigenvalue weighted by molar-refractivity contribution is 0.452. The Balaban J connectivity index is 1.86. The van der Waals surface area contributed by atoms with Gasteiger partial charge in [-0.2, -0.15) is 0 Å². The van der Waals surface area contributed by atoms with Gasteiger partial charge in [-0.25, -0.2) is 4.98 Å². The smallest absolute Gasteiger partial charge is 0.0948 e. The van der Waals surface area contributed by atoms with Crippen molar-refractivity contribution in [3.63, 3.8) is 0 Å². The van der Waals surface area contributed by atoms with Gasteiger partial charge in [-0.15, -0.1) is 0 Å². The molecule has 0 saturated heterocycles. The number of aryl methyl sites for hydroxylation is 1. The van der Waals surface area contributed by atoms with E-state index in [0.717, 1.165) is 25.2 Å². The summed E-state index contributed by atoms with van der Waals surface area (Å²) >= 11 is 0. The molecule has 0 saturated carbocycles. The maximum absolute atomic E-state index is 6.42. The van der Waals surface area contributed by atoms with E-state index in [1.54, 1.807) is 0 Å². The highest BCUT2D eigenvalue weighted by atomic mass is 15.1. The fourth-order valence-corrected chi connectivity index (χ4v) is 4.26. The van der Waals surface area contributed by atoms with Gasteiger partial charge < -0.3 is 15.2 Å². The molecular formula is C24H30N4. The summed E-state index contributed by atoms with van der Waals surface area (Å²) in [5.74, 6) is 0. The van der Waals surface area contributed by atoms with Crippen LogP contribution in [-0.2, 0) is 19.0 Å². The topological polar surface area (TPSA) is 47.1 Å². The summed E-state index contributed by atoms with van der Waals surface area (Å²) in [5.41, 5.74) is 14.1. The number of hydrogen-bond donors (Lipinski definition) is 1. The first-order chi connectivity index (χ1) is 13.4. The van der Waals surface area contributed by atoms with E-state index in [4.69, 9.17) is 5.73 Å². The van der Waals surface area contributed by atoms with Crippen molar-refractivity contribution in [3.05, 3.63) is 71.7 Å². The van der Waals surface area contributed by atoms with Crippen molar-refractivity contribution in [1.29, 1.82) is 0 Å². The molecule has 4 rings (SSSR count). The summed E-state index contributed by atoms with van der Waals surface area (Å²) in [5, 5.41) is 0. The van der Waals surface area contributed by atoms with Crippen LogP contribution in [0.3, 0.4) is 0 Å². The fraction of sp³-hybridized carbons (Fsp3) is 0.375. The lowest BCUT2D eigenvalue weighted by Gasteiger charge is -2.41. The molecule has 1 unspecified atom stereocenters. The predicted octanol–water partition coefficient (Wildman–Crippen LogP) is 4.79. The molecule has 0 amide bonds. The van der Waals surface area contributed by atoms with Crippen molar-refractivity contribution in [2.75, 3.05) is 11.4 Å². The van der Waals surface area contributed by atoms with Crippen LogP contribution in [0.5, 0.6) is 0 Å². The van der Waals surface area contributed by atoms with E-state index in [1.807, 2.05) is 19.6 Å². The van der Waals surface area contributed by atoms with Gasteiger partial charge in [0.25, 0.3) is 0 Å². The Hall–Kier alpha value is -2.59. The van der Waals surface area contributed by atoms with Crippen molar-refractivity contribution >= 4 is 5.69 Å². The Bertz CT molecular complexity index is 970. The molecule has 1 aliphatic rings. The van der Waals surface area contributed by atoms with Crippen LogP contribution in [0.2, 0.25) is 0 Å². The maximum atomic E-state index is 6.42.